The second kappa shape index (κ2) is 6.08. The Morgan fingerprint density at radius 3 is 2.94 bits per heavy atom. The number of aliphatic imine (C=N–C) groups is 1. The van der Waals surface area contributed by atoms with Crippen molar-refractivity contribution in [2.24, 2.45) is 10.7 Å². The summed E-state index contributed by atoms with van der Waals surface area (Å²) in [5.41, 5.74) is 7.14. The molecule has 0 radical (unpaired) electrons. The van der Waals surface area contributed by atoms with Crippen molar-refractivity contribution in [2.45, 2.75) is 32.1 Å². The average molecular weight is 304 g/mol. The highest BCUT2D eigenvalue weighted by atomic mass is 35.5. The van der Waals surface area contributed by atoms with Crippen LogP contribution in [0.5, 0.6) is 0 Å². The highest BCUT2D eigenvalue weighted by Crippen LogP contribution is 2.52. The summed E-state index contributed by atoms with van der Waals surface area (Å²) in [6.45, 7) is 0. The Hall–Kier alpha value is -0.520. The molecule has 2 rings (SSSR count). The van der Waals surface area contributed by atoms with E-state index in [0.717, 1.165) is 12.2 Å². The van der Waals surface area contributed by atoms with Crippen LogP contribution >= 0.6 is 34.0 Å². The molecule has 1 unspecified atom stereocenters. The van der Waals surface area contributed by atoms with Gasteiger partial charge in [0.25, 0.3) is 0 Å². The van der Waals surface area contributed by atoms with Gasteiger partial charge < -0.3 is 10.5 Å². The van der Waals surface area contributed by atoms with Gasteiger partial charge in [0.05, 0.1) is 0 Å². The van der Waals surface area contributed by atoms with Gasteiger partial charge in [0.1, 0.15) is 0 Å². The minimum Gasteiger partial charge on any atom is -0.376 e. The summed E-state index contributed by atoms with van der Waals surface area (Å²) >= 11 is 11.2. The molecule has 18 heavy (non-hydrogen) atoms. The number of hydrogen-bond acceptors (Lipinski definition) is 2. The van der Waals surface area contributed by atoms with E-state index in [9.17, 15) is 0 Å². The third kappa shape index (κ3) is 3.28. The molecule has 2 aliphatic rings. The van der Waals surface area contributed by atoms with Crippen LogP contribution in [-0.4, -0.2) is 15.4 Å². The molecule has 1 heterocycles. The lowest BCUT2D eigenvalue weighted by molar-refractivity contribution is 0.685. The fraction of sp³-hybridized carbons (Fsp3) is 0.500. The minimum atomic E-state index is -1.46. The molecule has 1 aliphatic carbocycles. The summed E-state index contributed by atoms with van der Waals surface area (Å²) in [5, 5.41) is 2.32. The molecule has 0 bridgehead atoms. The largest absolute Gasteiger partial charge is 0.376 e. The molecular formula is C12H18ClN3S2. The van der Waals surface area contributed by atoms with Gasteiger partial charge in [-0.15, -0.1) is 0 Å². The number of nitrogens with one attached hydrogen (secondary N) is 1. The molecule has 0 saturated heterocycles. The van der Waals surface area contributed by atoms with Crippen LogP contribution in [0.2, 0.25) is 0 Å². The molecule has 0 aromatic carbocycles. The van der Waals surface area contributed by atoms with Crippen molar-refractivity contribution in [1.82, 2.24) is 4.72 Å². The fourth-order valence-corrected chi connectivity index (χ4v) is 5.36. The molecule has 100 valence electrons. The summed E-state index contributed by atoms with van der Waals surface area (Å²) in [7, 11) is -1.46. The summed E-state index contributed by atoms with van der Waals surface area (Å²) in [6, 6.07) is 0. The highest BCUT2D eigenvalue weighted by molar-refractivity contribution is 8.48. The van der Waals surface area contributed by atoms with Crippen molar-refractivity contribution < 1.29 is 0 Å². The van der Waals surface area contributed by atoms with Gasteiger partial charge in [-0.25, -0.2) is 4.99 Å². The van der Waals surface area contributed by atoms with Crippen molar-refractivity contribution in [3.05, 3.63) is 23.3 Å². The van der Waals surface area contributed by atoms with E-state index in [1.807, 2.05) is 5.41 Å². The average Bonchev–Trinajstić information content (AvgIpc) is 2.69. The second-order valence-corrected chi connectivity index (χ2v) is 8.37. The summed E-state index contributed by atoms with van der Waals surface area (Å²) in [4.78, 5) is 4.15. The fourth-order valence-electron chi connectivity index (χ4n) is 2.23. The van der Waals surface area contributed by atoms with E-state index in [2.05, 4.69) is 15.8 Å². The minimum absolute atomic E-state index is 0.294. The first-order valence-corrected chi connectivity index (χ1v) is 8.74. The van der Waals surface area contributed by atoms with E-state index in [0.29, 0.717) is 9.62 Å². The molecule has 0 saturated carbocycles. The van der Waals surface area contributed by atoms with Crippen molar-refractivity contribution >= 4 is 43.6 Å². The molecule has 3 nitrogen and oxygen atoms in total. The zero-order chi connectivity index (χ0) is 13.0. The van der Waals surface area contributed by atoms with E-state index < -0.39 is 10.2 Å². The highest BCUT2D eigenvalue weighted by Gasteiger charge is 2.29. The first kappa shape index (κ1) is 13.9. The number of halogens is 1. The van der Waals surface area contributed by atoms with E-state index >= 15 is 0 Å². The maximum absolute atomic E-state index is 6.22. The van der Waals surface area contributed by atoms with Gasteiger partial charge in [0.2, 0.25) is 0 Å². The summed E-state index contributed by atoms with van der Waals surface area (Å²) < 4.78 is 3.76. The van der Waals surface area contributed by atoms with Crippen LogP contribution in [0.4, 0.5) is 0 Å². The Balaban J connectivity index is 2.02. The van der Waals surface area contributed by atoms with Crippen LogP contribution in [0.1, 0.15) is 32.1 Å². The SMILES string of the molecule is NC(=S)NS1(CCC2=CCCCC2)C=CN=C1Cl. The number of nitrogens with zero attached hydrogens (tertiary/aromatic N) is 1. The quantitative estimate of drug-likeness (QED) is 0.617. The Morgan fingerprint density at radius 2 is 2.39 bits per heavy atom. The van der Waals surface area contributed by atoms with Gasteiger partial charge in [-0.3, -0.25) is 0 Å². The van der Waals surface area contributed by atoms with E-state index in [-0.39, 0.29) is 0 Å². The molecule has 6 heteroatoms. The van der Waals surface area contributed by atoms with Crippen molar-refractivity contribution in [3.8, 4) is 0 Å². The van der Waals surface area contributed by atoms with Crippen LogP contribution in [-0.2, 0) is 0 Å². The Bertz CT molecular complexity index is 431. The van der Waals surface area contributed by atoms with Crippen LogP contribution in [0.3, 0.4) is 0 Å². The lowest BCUT2D eigenvalue weighted by atomic mass is 9.98. The molecule has 1 aliphatic heterocycles. The number of allylic oxidation sites excluding steroid dienone is 2. The third-order valence-electron chi connectivity index (χ3n) is 3.18. The normalized spacial score (nSPS) is 30.3. The maximum atomic E-state index is 6.22. The number of hydrogen-bond donors (Lipinski definition) is 2. The smallest absolute Gasteiger partial charge is 0.173 e. The summed E-state index contributed by atoms with van der Waals surface area (Å²) in [5.74, 6) is 0.926. The van der Waals surface area contributed by atoms with Gasteiger partial charge in [0.15, 0.2) is 9.62 Å². The molecule has 0 amide bonds. The van der Waals surface area contributed by atoms with Gasteiger partial charge >= 0.3 is 0 Å². The molecule has 0 fully saturated rings. The van der Waals surface area contributed by atoms with Crippen LogP contribution in [0.25, 0.3) is 0 Å². The Labute approximate surface area is 120 Å². The van der Waals surface area contributed by atoms with Gasteiger partial charge in [-0.1, -0.05) is 33.5 Å². The predicted octanol–water partition coefficient (Wildman–Crippen LogP) is 3.51. The standard InChI is InChI=1S/C12H18ClN3S2/c13-11-15-7-9-18(11,16-12(14)17)8-6-10-4-2-1-3-5-10/h4,7,9H,1-3,5-6,8H2,(H3,14,16,17). The number of rotatable bonds is 4. The monoisotopic (exact) mass is 303 g/mol. The topological polar surface area (TPSA) is 50.4 Å². The van der Waals surface area contributed by atoms with Gasteiger partial charge in [-0.05, 0) is 49.7 Å². The summed E-state index contributed by atoms with van der Waals surface area (Å²) in [6.07, 6.45) is 10.2. The van der Waals surface area contributed by atoms with Crippen LogP contribution in [0.15, 0.2) is 28.2 Å². The van der Waals surface area contributed by atoms with E-state index in [4.69, 9.17) is 29.6 Å². The first-order valence-electron chi connectivity index (χ1n) is 6.08. The molecule has 0 spiro atoms. The van der Waals surface area contributed by atoms with E-state index in [1.54, 1.807) is 6.20 Å². The van der Waals surface area contributed by atoms with Crippen molar-refractivity contribution in [2.75, 3.05) is 5.75 Å². The molecule has 1 atom stereocenters. The van der Waals surface area contributed by atoms with Gasteiger partial charge in [0, 0.05) is 12.0 Å². The third-order valence-corrected chi connectivity index (χ3v) is 7.06. The zero-order valence-corrected chi connectivity index (χ0v) is 12.6. The van der Waals surface area contributed by atoms with E-state index in [1.165, 1.54) is 31.3 Å². The molecular weight excluding hydrogens is 286 g/mol. The molecule has 0 aromatic heterocycles. The van der Waals surface area contributed by atoms with Crippen LogP contribution < -0.4 is 10.5 Å². The first-order chi connectivity index (χ1) is 8.62. The van der Waals surface area contributed by atoms with Crippen molar-refractivity contribution in [1.29, 1.82) is 0 Å². The van der Waals surface area contributed by atoms with Crippen molar-refractivity contribution in [3.63, 3.8) is 0 Å². The number of thiocarbonyl (C=S) groups is 1. The zero-order valence-electron chi connectivity index (χ0n) is 10.2. The van der Waals surface area contributed by atoms with Gasteiger partial charge in [-0.2, -0.15) is 0 Å². The molecule has 3 N–H and O–H groups in total. The molecule has 0 aromatic rings. The van der Waals surface area contributed by atoms with Crippen LogP contribution in [0, 0.1) is 0 Å². The predicted molar refractivity (Wildman–Crippen MR) is 86.0 cm³/mol. The maximum Gasteiger partial charge on any atom is 0.173 e. The second-order valence-electron chi connectivity index (χ2n) is 4.49. The lowest BCUT2D eigenvalue weighted by Gasteiger charge is -2.34. The number of nitrogens with two attached hydrogens (primary N) is 1. The Kier molecular flexibility index (Phi) is 4.70. The lowest BCUT2D eigenvalue weighted by Crippen LogP contribution is -2.34. The Morgan fingerprint density at radius 1 is 1.56 bits per heavy atom.